The minimum Gasteiger partial charge on any atom is -0.331 e. The molecule has 0 saturated carbocycles. The van der Waals surface area contributed by atoms with Gasteiger partial charge in [-0.3, -0.25) is 0 Å². The monoisotopic (exact) mass is 218 g/mol. The maximum absolute atomic E-state index is 10.3. The van der Waals surface area contributed by atoms with Crippen LogP contribution in [0.1, 0.15) is 17.4 Å². The van der Waals surface area contributed by atoms with Crippen molar-refractivity contribution in [3.05, 3.63) is 35.4 Å². The molecule has 0 aliphatic carbocycles. The second-order valence-corrected chi connectivity index (χ2v) is 3.74. The molecule has 0 spiro atoms. The first kappa shape index (κ1) is 9.85. The van der Waals surface area contributed by atoms with Gasteiger partial charge in [-0.25, -0.2) is 0 Å². The van der Waals surface area contributed by atoms with Gasteiger partial charge in [-0.2, -0.15) is 14.0 Å². The lowest BCUT2D eigenvalue weighted by molar-refractivity contribution is -1.92. The van der Waals surface area contributed by atoms with E-state index in [1.165, 1.54) is 0 Å². The highest BCUT2D eigenvalue weighted by atomic mass is 35.7. The largest absolute Gasteiger partial charge is 0.341 e. The van der Waals surface area contributed by atoms with Crippen LogP contribution in [0.3, 0.4) is 0 Å². The predicted molar refractivity (Wildman–Crippen MR) is 35.1 cm³/mol. The van der Waals surface area contributed by atoms with Gasteiger partial charge in [0.2, 0.25) is 0 Å². The van der Waals surface area contributed by atoms with Crippen molar-refractivity contribution in [2.24, 2.45) is 0 Å². The molecule has 6 heteroatoms. The average molecular weight is 219 g/mol. The molecule has 1 unspecified atom stereocenters. The van der Waals surface area contributed by atoms with Crippen LogP contribution in [0.25, 0.3) is 0 Å². The maximum atomic E-state index is 10.3. The number of halogens is 1. The molecule has 1 aliphatic rings. The van der Waals surface area contributed by atoms with Crippen molar-refractivity contribution in [3.8, 4) is 0 Å². The van der Waals surface area contributed by atoms with E-state index >= 15 is 0 Å². The normalized spacial score (nSPS) is 20.9. The number of hydrogen-bond acceptors (Lipinski definition) is 5. The van der Waals surface area contributed by atoms with E-state index in [2.05, 4.69) is 4.29 Å². The Morgan fingerprint density at radius 2 is 2.00 bits per heavy atom. The van der Waals surface area contributed by atoms with Gasteiger partial charge in [0, 0.05) is 5.56 Å². The fourth-order valence-corrected chi connectivity index (χ4v) is 1.67. The molecule has 1 heterocycles. The molecule has 0 aromatic heterocycles. The standard InChI is InChI=1S/C8H7ClO5/c10-9(11,12)14-8-7-4-2-1-3-6(7)5-13-8/h1-4,8H,5H2. The van der Waals surface area contributed by atoms with Crippen molar-refractivity contribution in [1.29, 1.82) is 0 Å². The Kier molecular flexibility index (Phi) is 2.44. The molecule has 14 heavy (non-hydrogen) atoms. The van der Waals surface area contributed by atoms with Gasteiger partial charge in [0.05, 0.1) is 16.9 Å². The fraction of sp³-hybridized carbons (Fsp3) is 0.250. The van der Waals surface area contributed by atoms with E-state index in [1.807, 2.05) is 0 Å². The van der Waals surface area contributed by atoms with Gasteiger partial charge in [0.15, 0.2) is 0 Å². The van der Waals surface area contributed by atoms with E-state index in [9.17, 15) is 14.0 Å². The summed E-state index contributed by atoms with van der Waals surface area (Å²) >= 11 is 0. The van der Waals surface area contributed by atoms with E-state index in [1.54, 1.807) is 24.3 Å². The van der Waals surface area contributed by atoms with Crippen LogP contribution in [-0.2, 0) is 15.6 Å². The highest BCUT2D eigenvalue weighted by Gasteiger charge is 2.36. The summed E-state index contributed by atoms with van der Waals surface area (Å²) in [6.07, 6.45) is -1.10. The maximum Gasteiger partial charge on any atom is 0.341 e. The van der Waals surface area contributed by atoms with Crippen molar-refractivity contribution in [1.82, 2.24) is 0 Å². The Morgan fingerprint density at radius 1 is 1.29 bits per heavy atom. The van der Waals surface area contributed by atoms with E-state index in [4.69, 9.17) is 4.74 Å². The van der Waals surface area contributed by atoms with Crippen LogP contribution in [0.4, 0.5) is 0 Å². The summed E-state index contributed by atoms with van der Waals surface area (Å²) in [5.41, 5.74) is 1.41. The van der Waals surface area contributed by atoms with Crippen LogP contribution in [0.2, 0.25) is 0 Å². The molecule has 1 atom stereocenters. The molecule has 0 amide bonds. The average Bonchev–Trinajstić information content (AvgIpc) is 2.47. The van der Waals surface area contributed by atoms with E-state index in [0.29, 0.717) is 5.56 Å². The number of fused-ring (bicyclic) bond motifs is 1. The second-order valence-electron chi connectivity index (χ2n) is 2.81. The second kappa shape index (κ2) is 3.47. The van der Waals surface area contributed by atoms with Gasteiger partial charge in [-0.1, -0.05) is 24.3 Å². The Balaban J connectivity index is 2.18. The van der Waals surface area contributed by atoms with Crippen molar-refractivity contribution < 1.29 is 33.2 Å². The lowest BCUT2D eigenvalue weighted by Gasteiger charge is -2.15. The number of rotatable bonds is 2. The van der Waals surface area contributed by atoms with Gasteiger partial charge >= 0.3 is 6.29 Å². The van der Waals surface area contributed by atoms with Crippen molar-refractivity contribution >= 4 is 0 Å². The SMILES string of the molecule is [O-][Cl+3]([O-])([O-])OC1OCc2ccccc21. The minimum atomic E-state index is -4.46. The van der Waals surface area contributed by atoms with Gasteiger partial charge in [-0.05, 0) is 5.56 Å². The topological polar surface area (TPSA) is 87.6 Å². The van der Waals surface area contributed by atoms with Crippen molar-refractivity contribution in [2.45, 2.75) is 12.9 Å². The van der Waals surface area contributed by atoms with E-state index in [-0.39, 0.29) is 6.61 Å². The summed E-state index contributed by atoms with van der Waals surface area (Å²) in [7, 11) is -4.46. The molecule has 76 valence electrons. The third-order valence-electron chi connectivity index (χ3n) is 1.89. The van der Waals surface area contributed by atoms with Crippen molar-refractivity contribution in [3.63, 3.8) is 0 Å². The van der Waals surface area contributed by atoms with Gasteiger partial charge in [0.25, 0.3) is 0 Å². The fourth-order valence-electron chi connectivity index (χ4n) is 1.32. The first-order chi connectivity index (χ1) is 6.56. The molecule has 1 aromatic rings. The summed E-state index contributed by atoms with van der Waals surface area (Å²) < 4.78 is 40.1. The molecule has 0 N–H and O–H groups in total. The molecule has 0 radical (unpaired) electrons. The smallest absolute Gasteiger partial charge is 0.331 e. The lowest BCUT2D eigenvalue weighted by atomic mass is 10.1. The zero-order chi connectivity index (χ0) is 10.2. The Labute approximate surface area is 82.2 Å². The Hall–Kier alpha value is -0.690. The molecule has 1 aromatic carbocycles. The quantitative estimate of drug-likeness (QED) is 0.580. The van der Waals surface area contributed by atoms with Crippen LogP contribution in [0.5, 0.6) is 0 Å². The summed E-state index contributed by atoms with van der Waals surface area (Å²) in [6, 6.07) is 6.97. The van der Waals surface area contributed by atoms with Crippen molar-refractivity contribution in [2.75, 3.05) is 0 Å². The molecule has 1 aliphatic heterocycles. The first-order valence-corrected chi connectivity index (χ1v) is 5.08. The van der Waals surface area contributed by atoms with Crippen LogP contribution >= 0.6 is 0 Å². The summed E-state index contributed by atoms with van der Waals surface area (Å²) in [5, 5.41) is 0. The molecule has 0 bridgehead atoms. The number of hydrogen-bond donors (Lipinski definition) is 0. The van der Waals surface area contributed by atoms with Gasteiger partial charge in [0.1, 0.15) is 4.29 Å². The third kappa shape index (κ3) is 2.03. The molecule has 5 nitrogen and oxygen atoms in total. The zero-order valence-corrected chi connectivity index (χ0v) is 7.77. The lowest BCUT2D eigenvalue weighted by Crippen LogP contribution is -2.61. The van der Waals surface area contributed by atoms with E-state index in [0.717, 1.165) is 5.56 Å². The molecule has 0 saturated heterocycles. The summed E-state index contributed by atoms with van der Waals surface area (Å²) in [5.74, 6) is 0. The molecular weight excluding hydrogens is 212 g/mol. The Morgan fingerprint density at radius 3 is 2.71 bits per heavy atom. The van der Waals surface area contributed by atoms with Crippen LogP contribution < -0.4 is 14.0 Å². The van der Waals surface area contributed by atoms with Crippen LogP contribution in [0, 0.1) is 10.2 Å². The third-order valence-corrected chi connectivity index (χ3v) is 2.27. The summed E-state index contributed by atoms with van der Waals surface area (Å²) in [4.78, 5) is 0. The molecule has 0 fully saturated rings. The highest BCUT2D eigenvalue weighted by Crippen LogP contribution is 2.32. The zero-order valence-electron chi connectivity index (χ0n) is 7.01. The minimum absolute atomic E-state index is 0.256. The molecule has 2 rings (SSSR count). The first-order valence-electron chi connectivity index (χ1n) is 3.85. The summed E-state index contributed by atoms with van der Waals surface area (Å²) in [6.45, 7) is 0.256. The van der Waals surface area contributed by atoms with E-state index < -0.39 is 16.5 Å². The van der Waals surface area contributed by atoms with Gasteiger partial charge in [-0.15, -0.1) is 0 Å². The van der Waals surface area contributed by atoms with Crippen LogP contribution in [-0.4, -0.2) is 0 Å². The van der Waals surface area contributed by atoms with Gasteiger partial charge < -0.3 is 4.74 Å². The number of benzene rings is 1. The number of ether oxygens (including phenoxy) is 1. The Bertz CT molecular complexity index is 335. The van der Waals surface area contributed by atoms with Crippen LogP contribution in [0.15, 0.2) is 24.3 Å². The highest BCUT2D eigenvalue weighted by molar-refractivity contribution is 5.29. The molecular formula is C8H7ClO5. The predicted octanol–water partition coefficient (Wildman–Crippen LogP) is -1.87.